The summed E-state index contributed by atoms with van der Waals surface area (Å²) in [5.74, 6) is 0. The maximum absolute atomic E-state index is 9.59. The van der Waals surface area contributed by atoms with Crippen LogP contribution in [0.25, 0.3) is 0 Å². The Morgan fingerprint density at radius 2 is 2.35 bits per heavy atom. The molecule has 0 spiro atoms. The molecule has 4 heteroatoms. The maximum Gasteiger partial charge on any atom is 0.0614 e. The summed E-state index contributed by atoms with van der Waals surface area (Å²) in [6.07, 6.45) is 4.31. The lowest BCUT2D eigenvalue weighted by atomic mass is 9.79. The Hall–Kier alpha value is -0.870. The van der Waals surface area contributed by atoms with Crippen LogP contribution in [0.1, 0.15) is 43.1 Å². The minimum absolute atomic E-state index is 0.116. The number of aliphatic hydroxyl groups excluding tert-OH is 1. The molecule has 1 aromatic heterocycles. The number of aryl methyl sites for hydroxylation is 2. The fourth-order valence-corrected chi connectivity index (χ4v) is 3.01. The summed E-state index contributed by atoms with van der Waals surface area (Å²) in [6.45, 7) is 4.34. The smallest absolute Gasteiger partial charge is 0.0614 e. The first-order chi connectivity index (χ1) is 8.10. The highest BCUT2D eigenvalue weighted by Gasteiger charge is 2.35. The number of hydrogen-bond donors (Lipinski definition) is 2. The van der Waals surface area contributed by atoms with Crippen LogP contribution in [0.3, 0.4) is 0 Å². The van der Waals surface area contributed by atoms with E-state index in [-0.39, 0.29) is 12.1 Å². The first kappa shape index (κ1) is 12.6. The van der Waals surface area contributed by atoms with Crippen molar-refractivity contribution in [1.82, 2.24) is 15.1 Å². The largest absolute Gasteiger partial charge is 0.394 e. The summed E-state index contributed by atoms with van der Waals surface area (Å²) >= 11 is 0. The number of hydrogen-bond acceptors (Lipinski definition) is 3. The number of nitrogens with zero attached hydrogens (tertiary/aromatic N) is 2. The van der Waals surface area contributed by atoms with Crippen molar-refractivity contribution in [3.63, 3.8) is 0 Å². The SMILES string of the molecule is CNC1(CO)CCCC(n2nc(C)cc2C)C1. The minimum atomic E-state index is -0.116. The third-order valence-electron chi connectivity index (χ3n) is 4.04. The zero-order valence-corrected chi connectivity index (χ0v) is 11.0. The van der Waals surface area contributed by atoms with Crippen LogP contribution < -0.4 is 5.32 Å². The van der Waals surface area contributed by atoms with E-state index in [0.29, 0.717) is 6.04 Å². The van der Waals surface area contributed by atoms with Gasteiger partial charge in [-0.05, 0) is 52.6 Å². The van der Waals surface area contributed by atoms with E-state index in [9.17, 15) is 5.11 Å². The molecule has 0 bridgehead atoms. The number of aromatic nitrogens is 2. The van der Waals surface area contributed by atoms with Gasteiger partial charge in [-0.25, -0.2) is 0 Å². The molecule has 1 aliphatic carbocycles. The maximum atomic E-state index is 9.59. The summed E-state index contributed by atoms with van der Waals surface area (Å²) in [4.78, 5) is 0. The summed E-state index contributed by atoms with van der Waals surface area (Å²) < 4.78 is 2.14. The lowest BCUT2D eigenvalue weighted by molar-refractivity contribution is 0.101. The molecular weight excluding hydrogens is 214 g/mol. The van der Waals surface area contributed by atoms with Gasteiger partial charge in [-0.3, -0.25) is 4.68 Å². The van der Waals surface area contributed by atoms with Gasteiger partial charge >= 0.3 is 0 Å². The zero-order chi connectivity index (χ0) is 12.5. The van der Waals surface area contributed by atoms with E-state index < -0.39 is 0 Å². The first-order valence-electron chi connectivity index (χ1n) is 6.43. The summed E-state index contributed by atoms with van der Waals surface area (Å²) in [5.41, 5.74) is 2.18. The normalized spacial score (nSPS) is 29.5. The van der Waals surface area contributed by atoms with Crippen LogP contribution in [0.5, 0.6) is 0 Å². The van der Waals surface area contributed by atoms with Gasteiger partial charge in [0, 0.05) is 11.2 Å². The number of nitrogens with one attached hydrogen (secondary N) is 1. The molecule has 2 atom stereocenters. The second kappa shape index (κ2) is 4.78. The van der Waals surface area contributed by atoms with Crippen molar-refractivity contribution in [2.75, 3.05) is 13.7 Å². The quantitative estimate of drug-likeness (QED) is 0.839. The average molecular weight is 237 g/mol. The van der Waals surface area contributed by atoms with Crippen LogP contribution in [0.15, 0.2) is 6.07 Å². The monoisotopic (exact) mass is 237 g/mol. The van der Waals surface area contributed by atoms with E-state index in [1.54, 1.807) is 0 Å². The van der Waals surface area contributed by atoms with Gasteiger partial charge in [0.25, 0.3) is 0 Å². The molecule has 4 nitrogen and oxygen atoms in total. The van der Waals surface area contributed by atoms with Crippen LogP contribution in [0, 0.1) is 13.8 Å². The Morgan fingerprint density at radius 1 is 1.59 bits per heavy atom. The predicted molar refractivity (Wildman–Crippen MR) is 68.1 cm³/mol. The van der Waals surface area contributed by atoms with Crippen molar-refractivity contribution in [3.8, 4) is 0 Å². The molecule has 1 heterocycles. The highest BCUT2D eigenvalue weighted by Crippen LogP contribution is 2.35. The van der Waals surface area contributed by atoms with Crippen molar-refractivity contribution < 1.29 is 5.11 Å². The van der Waals surface area contributed by atoms with Crippen LogP contribution in [0.4, 0.5) is 0 Å². The van der Waals surface area contributed by atoms with Crippen LogP contribution >= 0.6 is 0 Å². The minimum Gasteiger partial charge on any atom is -0.394 e. The van der Waals surface area contributed by atoms with E-state index in [4.69, 9.17) is 0 Å². The van der Waals surface area contributed by atoms with E-state index in [0.717, 1.165) is 31.4 Å². The van der Waals surface area contributed by atoms with Gasteiger partial charge in [0.1, 0.15) is 0 Å². The van der Waals surface area contributed by atoms with Crippen molar-refractivity contribution in [2.24, 2.45) is 0 Å². The van der Waals surface area contributed by atoms with E-state index in [1.807, 2.05) is 14.0 Å². The number of rotatable bonds is 3. The second-order valence-electron chi connectivity index (χ2n) is 5.31. The standard InChI is InChI=1S/C13H23N3O/c1-10-7-11(2)16(15-10)12-5-4-6-13(8-12,9-17)14-3/h7,12,14,17H,4-6,8-9H2,1-3H3. The van der Waals surface area contributed by atoms with E-state index >= 15 is 0 Å². The van der Waals surface area contributed by atoms with Gasteiger partial charge in [0.05, 0.1) is 18.3 Å². The predicted octanol–water partition coefficient (Wildman–Crippen LogP) is 1.57. The molecule has 0 aromatic carbocycles. The zero-order valence-electron chi connectivity index (χ0n) is 11.0. The van der Waals surface area contributed by atoms with Crippen LogP contribution in [-0.4, -0.2) is 34.1 Å². The van der Waals surface area contributed by atoms with Crippen molar-refractivity contribution in [3.05, 3.63) is 17.5 Å². The molecule has 0 radical (unpaired) electrons. The molecule has 1 saturated carbocycles. The van der Waals surface area contributed by atoms with E-state index in [2.05, 4.69) is 28.1 Å². The lowest BCUT2D eigenvalue weighted by Gasteiger charge is -2.40. The molecule has 0 amide bonds. The topological polar surface area (TPSA) is 50.1 Å². The average Bonchev–Trinajstić information content (AvgIpc) is 2.68. The molecule has 2 rings (SSSR count). The van der Waals surface area contributed by atoms with Gasteiger partial charge in [-0.1, -0.05) is 0 Å². The van der Waals surface area contributed by atoms with Gasteiger partial charge < -0.3 is 10.4 Å². The lowest BCUT2D eigenvalue weighted by Crippen LogP contribution is -2.50. The Labute approximate surface area is 103 Å². The molecule has 96 valence electrons. The number of aliphatic hydroxyl groups is 1. The van der Waals surface area contributed by atoms with Crippen molar-refractivity contribution in [1.29, 1.82) is 0 Å². The van der Waals surface area contributed by atoms with Gasteiger partial charge in [-0.2, -0.15) is 5.10 Å². The second-order valence-corrected chi connectivity index (χ2v) is 5.31. The van der Waals surface area contributed by atoms with Crippen molar-refractivity contribution >= 4 is 0 Å². The molecule has 2 N–H and O–H groups in total. The highest BCUT2D eigenvalue weighted by atomic mass is 16.3. The van der Waals surface area contributed by atoms with Gasteiger partial charge in [0.15, 0.2) is 0 Å². The molecule has 17 heavy (non-hydrogen) atoms. The van der Waals surface area contributed by atoms with Gasteiger partial charge in [0.2, 0.25) is 0 Å². The fourth-order valence-electron chi connectivity index (χ4n) is 3.01. The molecule has 1 fully saturated rings. The molecule has 0 saturated heterocycles. The molecule has 1 aliphatic rings. The summed E-state index contributed by atoms with van der Waals surface area (Å²) in [5, 5.41) is 17.5. The summed E-state index contributed by atoms with van der Waals surface area (Å²) in [6, 6.07) is 2.53. The Kier molecular flexibility index (Phi) is 3.54. The Balaban J connectivity index is 2.20. The highest BCUT2D eigenvalue weighted by molar-refractivity contribution is 5.09. The first-order valence-corrected chi connectivity index (χ1v) is 6.43. The van der Waals surface area contributed by atoms with E-state index in [1.165, 1.54) is 5.69 Å². The van der Waals surface area contributed by atoms with Crippen LogP contribution in [0.2, 0.25) is 0 Å². The van der Waals surface area contributed by atoms with Gasteiger partial charge in [-0.15, -0.1) is 0 Å². The molecule has 0 aliphatic heterocycles. The van der Waals surface area contributed by atoms with Crippen molar-refractivity contribution in [2.45, 2.75) is 51.1 Å². The third kappa shape index (κ3) is 2.38. The Bertz CT molecular complexity index is 382. The molecule has 1 aromatic rings. The molecular formula is C13H23N3O. The third-order valence-corrected chi connectivity index (χ3v) is 4.04. The van der Waals surface area contributed by atoms with Crippen LogP contribution in [-0.2, 0) is 0 Å². The number of likely N-dealkylation sites (N-methyl/N-ethyl adjacent to an activating group) is 1. The summed E-state index contributed by atoms with van der Waals surface area (Å²) in [7, 11) is 1.94. The molecule has 2 unspecified atom stereocenters. The fraction of sp³-hybridized carbons (Fsp3) is 0.769. The Morgan fingerprint density at radius 3 is 2.88 bits per heavy atom.